The lowest BCUT2D eigenvalue weighted by Crippen LogP contribution is -2.55. The van der Waals surface area contributed by atoms with Gasteiger partial charge in [-0.05, 0) is 153 Å². The Morgan fingerprint density at radius 2 is 1.37 bits per heavy atom. The average molecular weight is 582 g/mol. The van der Waals surface area contributed by atoms with Gasteiger partial charge < -0.3 is 5.32 Å². The zero-order chi connectivity index (χ0) is 29.0. The number of rotatable bonds is 4. The van der Waals surface area contributed by atoms with Crippen molar-refractivity contribution in [3.63, 3.8) is 0 Å². The third-order valence-electron chi connectivity index (χ3n) is 15.0. The molecule has 0 aromatic carbocycles. The molecule has 8 unspecified atom stereocenters. The minimum Gasteiger partial charge on any atom is -0.311 e. The van der Waals surface area contributed by atoms with Crippen LogP contribution in [0.4, 0.5) is 0 Å². The Kier molecular flexibility index (Phi) is 8.37. The summed E-state index contributed by atoms with van der Waals surface area (Å²) in [6.45, 7) is 5.25. The first-order chi connectivity index (χ1) is 21.1. The number of nitrogens with one attached hydrogen (secondary N) is 1. The molecule has 1 aliphatic heterocycles. The number of hydrogen-bond donors (Lipinski definition) is 1. The van der Waals surface area contributed by atoms with Crippen molar-refractivity contribution in [1.29, 1.82) is 0 Å². The van der Waals surface area contributed by atoms with Crippen LogP contribution in [0.5, 0.6) is 0 Å². The highest BCUT2D eigenvalue weighted by Gasteiger charge is 2.49. The van der Waals surface area contributed by atoms with Gasteiger partial charge in [-0.1, -0.05) is 94.6 Å². The summed E-state index contributed by atoms with van der Waals surface area (Å²) in [6, 6.07) is 1.44. The number of fused-ring (bicyclic) bond motifs is 3. The van der Waals surface area contributed by atoms with Crippen molar-refractivity contribution < 1.29 is 0 Å². The van der Waals surface area contributed by atoms with Crippen LogP contribution in [0.1, 0.15) is 155 Å². The smallest absolute Gasteiger partial charge is 0.0107 e. The van der Waals surface area contributed by atoms with E-state index in [9.17, 15) is 0 Å². The van der Waals surface area contributed by atoms with Gasteiger partial charge >= 0.3 is 0 Å². The highest BCUT2D eigenvalue weighted by atomic mass is 15.0. The molecule has 43 heavy (non-hydrogen) atoms. The van der Waals surface area contributed by atoms with E-state index in [1.807, 2.05) is 22.3 Å². The van der Waals surface area contributed by atoms with Crippen molar-refractivity contribution in [3.8, 4) is 0 Å². The van der Waals surface area contributed by atoms with Gasteiger partial charge in [0.25, 0.3) is 0 Å². The molecule has 8 aliphatic rings. The first-order valence-corrected chi connectivity index (χ1v) is 19.7. The van der Waals surface area contributed by atoms with Crippen LogP contribution < -0.4 is 5.32 Å². The summed E-state index contributed by atoms with van der Waals surface area (Å²) in [7, 11) is 0. The standard InChI is InChI=1S/C42H63N/c1-42(2)38-19-11-10-17-35(38)36-23-22-32(25-39(36)42)40-26-33(31-21-20-28-12-6-7-15-30(28)24-31)27-41(43-40)37-18-9-8-16-34(37)29-13-4-3-5-14-29/h21,23-24,28-29,32-34,37,39-41,43H,3-20,22,25-27H2,1-2H3. The SMILES string of the molecule is CC1(C)C2=C(CCCC2)C2=CCC(C3CC(C4=CCC5CCCCC5=C4)CC(C4CCCCC4C4CCCCC4)N3)CC21. The molecule has 236 valence electrons. The summed E-state index contributed by atoms with van der Waals surface area (Å²) >= 11 is 0. The zero-order valence-electron chi connectivity index (χ0n) is 28.0. The Bertz CT molecular complexity index is 1160. The second-order valence-corrected chi connectivity index (χ2v) is 17.5. The monoisotopic (exact) mass is 581 g/mol. The minimum atomic E-state index is 0.384. The van der Waals surface area contributed by atoms with Gasteiger partial charge in [-0.25, -0.2) is 0 Å². The highest BCUT2D eigenvalue weighted by molar-refractivity contribution is 5.50. The summed E-state index contributed by atoms with van der Waals surface area (Å²) < 4.78 is 0. The molecular weight excluding hydrogens is 518 g/mol. The Labute approximate surface area is 264 Å². The largest absolute Gasteiger partial charge is 0.311 e. The Hall–Kier alpha value is -1.08. The van der Waals surface area contributed by atoms with Crippen LogP contribution in [0.3, 0.4) is 0 Å². The quantitative estimate of drug-likeness (QED) is 0.348. The van der Waals surface area contributed by atoms with E-state index in [0.717, 1.165) is 47.5 Å². The van der Waals surface area contributed by atoms with Crippen molar-refractivity contribution in [2.75, 3.05) is 0 Å². The lowest BCUT2D eigenvalue weighted by Gasteiger charge is -2.50. The second-order valence-electron chi connectivity index (χ2n) is 17.5. The van der Waals surface area contributed by atoms with E-state index < -0.39 is 0 Å². The molecule has 0 bridgehead atoms. The maximum absolute atomic E-state index is 4.57. The molecule has 0 radical (unpaired) electrons. The van der Waals surface area contributed by atoms with Crippen molar-refractivity contribution in [2.24, 2.45) is 46.8 Å². The zero-order valence-corrected chi connectivity index (χ0v) is 28.0. The van der Waals surface area contributed by atoms with Crippen LogP contribution >= 0.6 is 0 Å². The summed E-state index contributed by atoms with van der Waals surface area (Å²) in [4.78, 5) is 0. The van der Waals surface area contributed by atoms with E-state index in [0.29, 0.717) is 11.5 Å². The molecule has 1 saturated heterocycles. The van der Waals surface area contributed by atoms with Crippen LogP contribution in [0, 0.1) is 46.8 Å². The van der Waals surface area contributed by atoms with Crippen molar-refractivity contribution in [2.45, 2.75) is 167 Å². The summed E-state index contributed by atoms with van der Waals surface area (Å²) in [5.41, 5.74) is 9.50. The lowest BCUT2D eigenvalue weighted by molar-refractivity contribution is 0.0612. The summed E-state index contributed by atoms with van der Waals surface area (Å²) in [6.07, 6.45) is 40.1. The maximum Gasteiger partial charge on any atom is 0.0107 e. The average Bonchev–Trinajstić information content (AvgIpc) is 3.30. The van der Waals surface area contributed by atoms with E-state index in [-0.39, 0.29) is 0 Å². The van der Waals surface area contributed by atoms with Gasteiger partial charge in [-0.2, -0.15) is 0 Å². The molecule has 0 spiro atoms. The molecule has 0 aromatic rings. The van der Waals surface area contributed by atoms with Crippen LogP contribution in [0.2, 0.25) is 0 Å². The fourth-order valence-corrected chi connectivity index (χ4v) is 12.7. The number of hydrogen-bond acceptors (Lipinski definition) is 1. The van der Waals surface area contributed by atoms with E-state index in [1.165, 1.54) is 141 Å². The molecule has 0 amide bonds. The minimum absolute atomic E-state index is 0.384. The Morgan fingerprint density at radius 3 is 2.26 bits per heavy atom. The predicted octanol–water partition coefficient (Wildman–Crippen LogP) is 11.4. The molecule has 8 atom stereocenters. The predicted molar refractivity (Wildman–Crippen MR) is 182 cm³/mol. The molecular formula is C42H63N. The van der Waals surface area contributed by atoms with Gasteiger partial charge in [0.2, 0.25) is 0 Å². The molecule has 8 rings (SSSR count). The summed E-state index contributed by atoms with van der Waals surface area (Å²) in [5, 5.41) is 4.57. The Morgan fingerprint density at radius 1 is 0.628 bits per heavy atom. The molecule has 1 N–H and O–H groups in total. The lowest BCUT2D eigenvalue weighted by atomic mass is 9.62. The Balaban J connectivity index is 1.07. The molecule has 0 aromatic heterocycles. The maximum atomic E-state index is 4.57. The normalized spacial score (nSPS) is 41.9. The van der Waals surface area contributed by atoms with E-state index in [2.05, 4.69) is 37.4 Å². The topological polar surface area (TPSA) is 12.0 Å². The number of allylic oxidation sites excluding steroid dienone is 8. The van der Waals surface area contributed by atoms with Gasteiger partial charge in [0, 0.05) is 12.1 Å². The van der Waals surface area contributed by atoms with Crippen LogP contribution in [-0.2, 0) is 0 Å². The van der Waals surface area contributed by atoms with E-state index in [4.69, 9.17) is 0 Å². The van der Waals surface area contributed by atoms with Gasteiger partial charge in [0.05, 0.1) is 0 Å². The highest BCUT2D eigenvalue weighted by Crippen LogP contribution is 2.59. The third-order valence-corrected chi connectivity index (χ3v) is 15.0. The molecule has 3 saturated carbocycles. The van der Waals surface area contributed by atoms with Gasteiger partial charge in [-0.3, -0.25) is 0 Å². The fourth-order valence-electron chi connectivity index (χ4n) is 12.7. The first kappa shape index (κ1) is 29.3. The van der Waals surface area contributed by atoms with Crippen LogP contribution in [0.25, 0.3) is 0 Å². The fraction of sp³-hybridized carbons (Fsp3) is 0.810. The van der Waals surface area contributed by atoms with E-state index >= 15 is 0 Å². The summed E-state index contributed by atoms with van der Waals surface area (Å²) in [5.74, 6) is 6.20. The second kappa shape index (κ2) is 12.3. The molecule has 1 heteroatoms. The number of piperidine rings is 1. The first-order valence-electron chi connectivity index (χ1n) is 19.7. The van der Waals surface area contributed by atoms with Crippen molar-refractivity contribution in [3.05, 3.63) is 46.1 Å². The van der Waals surface area contributed by atoms with Gasteiger partial charge in [0.15, 0.2) is 0 Å². The van der Waals surface area contributed by atoms with Gasteiger partial charge in [0.1, 0.15) is 0 Å². The van der Waals surface area contributed by atoms with E-state index in [1.54, 1.807) is 5.57 Å². The molecule has 4 fully saturated rings. The molecule has 1 heterocycles. The molecule has 1 nitrogen and oxygen atoms in total. The van der Waals surface area contributed by atoms with Crippen LogP contribution in [-0.4, -0.2) is 12.1 Å². The van der Waals surface area contributed by atoms with Crippen molar-refractivity contribution in [1.82, 2.24) is 5.32 Å². The van der Waals surface area contributed by atoms with Crippen LogP contribution in [0.15, 0.2) is 46.1 Å². The van der Waals surface area contributed by atoms with Gasteiger partial charge in [-0.15, -0.1) is 0 Å². The van der Waals surface area contributed by atoms with Crippen molar-refractivity contribution >= 4 is 0 Å². The third kappa shape index (κ3) is 5.52. The molecule has 7 aliphatic carbocycles.